The fourth-order valence-corrected chi connectivity index (χ4v) is 5.11. The number of nitrogens with zero attached hydrogens (tertiary/aromatic N) is 3. The Kier molecular flexibility index (Phi) is 7.56. The predicted octanol–water partition coefficient (Wildman–Crippen LogP) is 6.33. The van der Waals surface area contributed by atoms with Crippen LogP contribution in [0.3, 0.4) is 0 Å². The average molecular weight is 525 g/mol. The van der Waals surface area contributed by atoms with Gasteiger partial charge in [-0.2, -0.15) is 0 Å². The Morgan fingerprint density at radius 3 is 2.58 bits per heavy atom. The topological polar surface area (TPSA) is 62.7 Å². The number of thiazole rings is 1. The van der Waals surface area contributed by atoms with Crippen molar-refractivity contribution in [2.75, 3.05) is 24.6 Å². The normalized spacial score (nSPS) is 15.6. The lowest BCUT2D eigenvalue weighted by Gasteiger charge is -2.21. The van der Waals surface area contributed by atoms with Gasteiger partial charge in [0, 0.05) is 29.7 Å². The highest BCUT2D eigenvalue weighted by Gasteiger charge is 2.30. The van der Waals surface area contributed by atoms with E-state index in [1.165, 1.54) is 17.2 Å². The predicted molar refractivity (Wildman–Crippen MR) is 132 cm³/mol. The van der Waals surface area contributed by atoms with Crippen molar-refractivity contribution in [3.63, 3.8) is 0 Å². The summed E-state index contributed by atoms with van der Waals surface area (Å²) in [5.74, 6) is -0.529. The monoisotopic (exact) mass is 523 g/mol. The van der Waals surface area contributed by atoms with E-state index in [-0.39, 0.29) is 22.6 Å². The van der Waals surface area contributed by atoms with E-state index in [1.807, 2.05) is 6.92 Å². The molecule has 2 heterocycles. The second kappa shape index (κ2) is 10.4. The van der Waals surface area contributed by atoms with Crippen molar-refractivity contribution in [3.05, 3.63) is 74.2 Å². The summed E-state index contributed by atoms with van der Waals surface area (Å²) in [5.41, 5.74) is 0.805. The average Bonchev–Trinajstić information content (AvgIpc) is 3.45. The minimum Gasteiger partial charge on any atom is -0.377 e. The Hall–Kier alpha value is -2.16. The van der Waals surface area contributed by atoms with Crippen molar-refractivity contribution in [1.82, 2.24) is 9.88 Å². The molecule has 0 saturated carbocycles. The van der Waals surface area contributed by atoms with Gasteiger partial charge in [0.2, 0.25) is 0 Å². The first kappa shape index (κ1) is 24.0. The van der Waals surface area contributed by atoms with Crippen LogP contribution in [0.1, 0.15) is 33.4 Å². The summed E-state index contributed by atoms with van der Waals surface area (Å²) in [6.07, 6.45) is 2.34. The van der Waals surface area contributed by atoms with Gasteiger partial charge in [-0.3, -0.25) is 14.5 Å². The maximum atomic E-state index is 13.5. The largest absolute Gasteiger partial charge is 0.377 e. The third-order valence-corrected chi connectivity index (χ3v) is 6.95. The highest BCUT2D eigenvalue weighted by Crippen LogP contribution is 2.34. The zero-order valence-corrected chi connectivity index (χ0v) is 20.7. The van der Waals surface area contributed by atoms with E-state index < -0.39 is 5.91 Å². The van der Waals surface area contributed by atoms with Crippen LogP contribution in [0.15, 0.2) is 48.7 Å². The molecular weight excluding hydrogens is 505 g/mol. The van der Waals surface area contributed by atoms with Crippen LogP contribution in [-0.4, -0.2) is 47.5 Å². The molecule has 0 radical (unpaired) electrons. The molecule has 1 aliphatic heterocycles. The van der Waals surface area contributed by atoms with Gasteiger partial charge in [0.25, 0.3) is 11.8 Å². The summed E-state index contributed by atoms with van der Waals surface area (Å²) in [6.45, 7) is 3.72. The first-order chi connectivity index (χ1) is 15.9. The Balaban J connectivity index is 1.66. The standard InChI is InChI=1S/C23H20Cl3N3O3S/c1-2-32-17-9-10-28(13-17)22(31)20-12-27-23(33-20)29(16-6-3-14(24)4-7-16)21(30)18-8-5-15(25)11-19(18)26/h3-8,11-12,17H,2,9-10,13H2,1H3. The van der Waals surface area contributed by atoms with Gasteiger partial charge in [-0.05, 0) is 55.8 Å². The summed E-state index contributed by atoms with van der Waals surface area (Å²) in [4.78, 5) is 34.6. The van der Waals surface area contributed by atoms with Crippen molar-refractivity contribution >= 4 is 68.8 Å². The zero-order valence-electron chi connectivity index (χ0n) is 17.6. The Labute approximate surface area is 210 Å². The molecule has 1 saturated heterocycles. The minimum absolute atomic E-state index is 0.0468. The molecule has 33 heavy (non-hydrogen) atoms. The van der Waals surface area contributed by atoms with Gasteiger partial charge in [-0.15, -0.1) is 0 Å². The number of rotatable bonds is 6. The van der Waals surface area contributed by atoms with Crippen LogP contribution in [0.2, 0.25) is 15.1 Å². The third kappa shape index (κ3) is 5.34. The molecule has 2 amide bonds. The minimum atomic E-state index is -0.398. The zero-order chi connectivity index (χ0) is 23.5. The SMILES string of the molecule is CCOC1CCN(C(=O)c2cnc(N(C(=O)c3ccc(Cl)cc3Cl)c3ccc(Cl)cc3)s2)C1. The van der Waals surface area contributed by atoms with E-state index in [0.29, 0.717) is 45.4 Å². The lowest BCUT2D eigenvalue weighted by molar-refractivity contribution is 0.0600. The fourth-order valence-electron chi connectivity index (χ4n) is 3.60. The molecule has 0 spiro atoms. The number of hydrogen-bond donors (Lipinski definition) is 0. The maximum absolute atomic E-state index is 13.5. The number of carbonyl (C=O) groups is 2. The molecule has 0 aliphatic carbocycles. The number of amides is 2. The van der Waals surface area contributed by atoms with Gasteiger partial charge in [0.1, 0.15) is 4.88 Å². The summed E-state index contributed by atoms with van der Waals surface area (Å²) < 4.78 is 5.64. The highest BCUT2D eigenvalue weighted by molar-refractivity contribution is 7.17. The van der Waals surface area contributed by atoms with Crippen molar-refractivity contribution in [3.8, 4) is 0 Å². The smallest absolute Gasteiger partial charge is 0.266 e. The van der Waals surface area contributed by atoms with Crippen LogP contribution in [-0.2, 0) is 4.74 Å². The molecule has 1 atom stereocenters. The van der Waals surface area contributed by atoms with Crippen LogP contribution in [0.5, 0.6) is 0 Å². The molecule has 1 fully saturated rings. The van der Waals surface area contributed by atoms with Crippen molar-refractivity contribution in [2.45, 2.75) is 19.4 Å². The molecule has 10 heteroatoms. The van der Waals surface area contributed by atoms with Gasteiger partial charge < -0.3 is 9.64 Å². The molecule has 3 aromatic rings. The Bertz CT molecular complexity index is 1170. The third-order valence-electron chi connectivity index (χ3n) is 5.18. The van der Waals surface area contributed by atoms with Crippen LogP contribution in [0.4, 0.5) is 10.8 Å². The summed E-state index contributed by atoms with van der Waals surface area (Å²) in [7, 11) is 0. The molecule has 0 N–H and O–H groups in total. The van der Waals surface area contributed by atoms with E-state index >= 15 is 0 Å². The van der Waals surface area contributed by atoms with E-state index in [0.717, 1.165) is 17.8 Å². The second-order valence-corrected chi connectivity index (χ2v) is 9.65. The summed E-state index contributed by atoms with van der Waals surface area (Å²) in [5, 5.41) is 1.52. The lowest BCUT2D eigenvalue weighted by atomic mass is 10.2. The number of benzene rings is 2. The molecule has 6 nitrogen and oxygen atoms in total. The fraction of sp³-hybridized carbons (Fsp3) is 0.261. The molecule has 1 aliphatic rings. The van der Waals surface area contributed by atoms with Crippen molar-refractivity contribution in [1.29, 1.82) is 0 Å². The van der Waals surface area contributed by atoms with E-state index in [9.17, 15) is 9.59 Å². The van der Waals surface area contributed by atoms with Gasteiger partial charge >= 0.3 is 0 Å². The molecular formula is C23H20Cl3N3O3S. The van der Waals surface area contributed by atoms with Crippen LogP contribution in [0, 0.1) is 0 Å². The van der Waals surface area contributed by atoms with Crippen LogP contribution in [0.25, 0.3) is 0 Å². The molecule has 4 rings (SSSR count). The first-order valence-electron chi connectivity index (χ1n) is 10.3. The van der Waals surface area contributed by atoms with Crippen LogP contribution < -0.4 is 4.90 Å². The number of likely N-dealkylation sites (tertiary alicyclic amines) is 1. The number of anilines is 2. The molecule has 1 aromatic heterocycles. The first-order valence-corrected chi connectivity index (χ1v) is 12.2. The number of carbonyl (C=O) groups excluding carboxylic acids is 2. The summed E-state index contributed by atoms with van der Waals surface area (Å²) in [6, 6.07) is 11.4. The highest BCUT2D eigenvalue weighted by atomic mass is 35.5. The Morgan fingerprint density at radius 2 is 1.88 bits per heavy atom. The second-order valence-electron chi connectivity index (χ2n) is 7.37. The maximum Gasteiger partial charge on any atom is 0.266 e. The van der Waals surface area contributed by atoms with Gasteiger partial charge in [0.05, 0.1) is 28.6 Å². The Morgan fingerprint density at radius 1 is 1.15 bits per heavy atom. The number of aromatic nitrogens is 1. The molecule has 1 unspecified atom stereocenters. The number of ether oxygens (including phenoxy) is 1. The molecule has 2 aromatic carbocycles. The molecule has 172 valence electrons. The van der Waals surface area contributed by atoms with Gasteiger partial charge in [-0.25, -0.2) is 4.98 Å². The molecule has 0 bridgehead atoms. The number of hydrogen-bond acceptors (Lipinski definition) is 5. The van der Waals surface area contributed by atoms with Gasteiger partial charge in [0.15, 0.2) is 5.13 Å². The van der Waals surface area contributed by atoms with E-state index in [1.54, 1.807) is 41.3 Å². The van der Waals surface area contributed by atoms with E-state index in [4.69, 9.17) is 39.5 Å². The van der Waals surface area contributed by atoms with Crippen molar-refractivity contribution < 1.29 is 14.3 Å². The quantitative estimate of drug-likeness (QED) is 0.378. The number of halogens is 3. The lowest BCUT2D eigenvalue weighted by Crippen LogP contribution is -2.29. The van der Waals surface area contributed by atoms with Crippen molar-refractivity contribution in [2.24, 2.45) is 0 Å². The van der Waals surface area contributed by atoms with E-state index in [2.05, 4.69) is 4.98 Å². The summed E-state index contributed by atoms with van der Waals surface area (Å²) >= 11 is 19.5. The van der Waals surface area contributed by atoms with Gasteiger partial charge in [-0.1, -0.05) is 46.1 Å². The van der Waals surface area contributed by atoms with Crippen LogP contribution >= 0.6 is 46.1 Å².